The third-order valence-corrected chi connectivity index (χ3v) is 3.20. The molecule has 2 amide bonds. The molecule has 4 heteroatoms. The van der Waals surface area contributed by atoms with Crippen LogP contribution in [0.5, 0.6) is 0 Å². The molecule has 3 unspecified atom stereocenters. The molecule has 0 heterocycles. The minimum atomic E-state index is -0.0797. The first-order valence-corrected chi connectivity index (χ1v) is 6.39. The highest BCUT2D eigenvalue weighted by atomic mass is 16.3. The second-order valence-electron chi connectivity index (χ2n) is 4.63. The summed E-state index contributed by atoms with van der Waals surface area (Å²) in [6.07, 6.45) is 5.01. The number of urea groups is 1. The Labute approximate surface area is 97.8 Å². The van der Waals surface area contributed by atoms with Crippen LogP contribution in [0.15, 0.2) is 0 Å². The molecule has 1 fully saturated rings. The molecule has 1 aliphatic carbocycles. The number of hydrogen-bond acceptors (Lipinski definition) is 2. The Morgan fingerprint density at radius 1 is 1.50 bits per heavy atom. The summed E-state index contributed by atoms with van der Waals surface area (Å²) in [5.74, 6) is 0.689. The summed E-state index contributed by atoms with van der Waals surface area (Å²) in [6.45, 7) is 4.31. The van der Waals surface area contributed by atoms with Crippen molar-refractivity contribution in [2.24, 2.45) is 5.92 Å². The van der Waals surface area contributed by atoms with E-state index in [-0.39, 0.29) is 18.7 Å². The summed E-state index contributed by atoms with van der Waals surface area (Å²) in [5, 5.41) is 14.7. The zero-order valence-corrected chi connectivity index (χ0v) is 10.3. The zero-order chi connectivity index (χ0) is 12.0. The van der Waals surface area contributed by atoms with Crippen molar-refractivity contribution in [1.29, 1.82) is 0 Å². The molecule has 94 valence electrons. The summed E-state index contributed by atoms with van der Waals surface area (Å²) in [4.78, 5) is 11.6. The minimum Gasteiger partial charge on any atom is -0.396 e. The number of aliphatic hydroxyl groups excluding tert-OH is 1. The van der Waals surface area contributed by atoms with Crippen molar-refractivity contribution >= 4 is 6.03 Å². The topological polar surface area (TPSA) is 61.4 Å². The van der Waals surface area contributed by atoms with Crippen LogP contribution in [-0.4, -0.2) is 29.8 Å². The number of amides is 2. The molecule has 1 aliphatic rings. The number of nitrogens with one attached hydrogen (secondary N) is 2. The third kappa shape index (κ3) is 4.39. The second kappa shape index (κ2) is 6.74. The molecule has 0 aliphatic heterocycles. The molecular formula is C12H24N2O2. The van der Waals surface area contributed by atoms with E-state index in [0.29, 0.717) is 18.4 Å². The summed E-state index contributed by atoms with van der Waals surface area (Å²) in [5.41, 5.74) is 0. The highest BCUT2D eigenvalue weighted by Crippen LogP contribution is 2.34. The minimum absolute atomic E-state index is 0.0797. The number of hydrogen-bond donors (Lipinski definition) is 3. The quantitative estimate of drug-likeness (QED) is 0.620. The lowest BCUT2D eigenvalue weighted by molar-refractivity contribution is 0.227. The van der Waals surface area contributed by atoms with Gasteiger partial charge in [0.1, 0.15) is 0 Å². The lowest BCUT2D eigenvalue weighted by Gasteiger charge is -2.16. The smallest absolute Gasteiger partial charge is 0.315 e. The normalized spacial score (nSPS) is 24.9. The van der Waals surface area contributed by atoms with Crippen LogP contribution >= 0.6 is 0 Å². The molecule has 0 bridgehead atoms. The van der Waals surface area contributed by atoms with E-state index in [1.807, 2.05) is 6.92 Å². The molecular weight excluding hydrogens is 204 g/mol. The predicted molar refractivity (Wildman–Crippen MR) is 64.3 cm³/mol. The van der Waals surface area contributed by atoms with E-state index >= 15 is 0 Å². The number of rotatable bonds is 7. The number of carbonyl (C=O) groups is 1. The Hall–Kier alpha value is -0.770. The van der Waals surface area contributed by atoms with Crippen molar-refractivity contribution in [3.05, 3.63) is 0 Å². The average Bonchev–Trinajstić information content (AvgIpc) is 2.96. The average molecular weight is 228 g/mol. The summed E-state index contributed by atoms with van der Waals surface area (Å²) >= 11 is 0. The lowest BCUT2D eigenvalue weighted by atomic mass is 10.2. The van der Waals surface area contributed by atoms with E-state index in [1.54, 1.807) is 0 Å². The molecule has 0 saturated heterocycles. The summed E-state index contributed by atoms with van der Waals surface area (Å²) in [7, 11) is 0. The van der Waals surface area contributed by atoms with E-state index < -0.39 is 0 Å². The van der Waals surface area contributed by atoms with Gasteiger partial charge < -0.3 is 15.7 Å². The maximum Gasteiger partial charge on any atom is 0.315 e. The molecule has 1 saturated carbocycles. The Bertz CT molecular complexity index is 221. The van der Waals surface area contributed by atoms with Crippen molar-refractivity contribution in [3.8, 4) is 0 Å². The van der Waals surface area contributed by atoms with Crippen LogP contribution in [0.4, 0.5) is 4.79 Å². The molecule has 1 rings (SSSR count). The monoisotopic (exact) mass is 228 g/mol. The molecule has 0 aromatic rings. The van der Waals surface area contributed by atoms with Crippen molar-refractivity contribution in [3.63, 3.8) is 0 Å². The molecule has 0 radical (unpaired) electrons. The fourth-order valence-electron chi connectivity index (χ4n) is 2.04. The van der Waals surface area contributed by atoms with E-state index in [1.165, 1.54) is 12.8 Å². The first kappa shape index (κ1) is 13.3. The van der Waals surface area contributed by atoms with Crippen LogP contribution in [0.2, 0.25) is 0 Å². The van der Waals surface area contributed by atoms with Gasteiger partial charge in [-0.25, -0.2) is 4.79 Å². The maximum atomic E-state index is 11.6. The summed E-state index contributed by atoms with van der Waals surface area (Å²) < 4.78 is 0. The van der Waals surface area contributed by atoms with Crippen molar-refractivity contribution in [1.82, 2.24) is 10.6 Å². The molecule has 0 spiro atoms. The fraction of sp³-hybridized carbons (Fsp3) is 0.917. The second-order valence-corrected chi connectivity index (χ2v) is 4.63. The third-order valence-electron chi connectivity index (χ3n) is 3.20. The van der Waals surface area contributed by atoms with Crippen molar-refractivity contribution in [2.75, 3.05) is 6.61 Å². The van der Waals surface area contributed by atoms with E-state index in [4.69, 9.17) is 5.11 Å². The van der Waals surface area contributed by atoms with Crippen LogP contribution in [0, 0.1) is 5.92 Å². The number of aliphatic hydroxyl groups is 1. The van der Waals surface area contributed by atoms with Crippen LogP contribution in [0.25, 0.3) is 0 Å². The van der Waals surface area contributed by atoms with Crippen molar-refractivity contribution < 1.29 is 9.90 Å². The Morgan fingerprint density at radius 2 is 2.25 bits per heavy atom. The highest BCUT2D eigenvalue weighted by Gasteiger charge is 2.37. The van der Waals surface area contributed by atoms with Crippen LogP contribution in [0.3, 0.4) is 0 Å². The van der Waals surface area contributed by atoms with Gasteiger partial charge in [-0.3, -0.25) is 0 Å². The Morgan fingerprint density at radius 3 is 2.81 bits per heavy atom. The van der Waals surface area contributed by atoms with Crippen LogP contribution in [-0.2, 0) is 0 Å². The van der Waals surface area contributed by atoms with E-state index in [9.17, 15) is 4.79 Å². The standard InChI is InChI=1S/C12H24N2O2/c1-3-5-9-8-11(9)14-12(16)13-10(4-2)6-7-15/h9-11,15H,3-8H2,1-2H3,(H2,13,14,16). The number of carbonyl (C=O) groups excluding carboxylic acids is 1. The van der Waals surface area contributed by atoms with Gasteiger partial charge in [-0.05, 0) is 31.6 Å². The molecule has 16 heavy (non-hydrogen) atoms. The van der Waals surface area contributed by atoms with Gasteiger partial charge in [0.15, 0.2) is 0 Å². The summed E-state index contributed by atoms with van der Waals surface area (Å²) in [6, 6.07) is 0.392. The van der Waals surface area contributed by atoms with Gasteiger partial charge >= 0.3 is 6.03 Å². The molecule has 4 nitrogen and oxygen atoms in total. The predicted octanol–water partition coefficient (Wildman–Crippen LogP) is 1.64. The molecule has 3 atom stereocenters. The van der Waals surface area contributed by atoms with Crippen LogP contribution < -0.4 is 10.6 Å². The molecule has 0 aromatic heterocycles. The van der Waals surface area contributed by atoms with Crippen LogP contribution in [0.1, 0.15) is 46.0 Å². The van der Waals surface area contributed by atoms with E-state index in [2.05, 4.69) is 17.6 Å². The fourth-order valence-corrected chi connectivity index (χ4v) is 2.04. The Balaban J connectivity index is 2.16. The van der Waals surface area contributed by atoms with Gasteiger partial charge in [0.25, 0.3) is 0 Å². The first-order valence-electron chi connectivity index (χ1n) is 6.39. The van der Waals surface area contributed by atoms with E-state index in [0.717, 1.165) is 12.8 Å². The van der Waals surface area contributed by atoms with Gasteiger partial charge in [0.05, 0.1) is 0 Å². The highest BCUT2D eigenvalue weighted by molar-refractivity contribution is 5.75. The van der Waals surface area contributed by atoms with Gasteiger partial charge in [0.2, 0.25) is 0 Å². The first-order chi connectivity index (χ1) is 7.71. The largest absolute Gasteiger partial charge is 0.396 e. The molecule has 0 aromatic carbocycles. The van der Waals surface area contributed by atoms with Gasteiger partial charge in [-0.1, -0.05) is 20.3 Å². The van der Waals surface area contributed by atoms with Gasteiger partial charge in [-0.15, -0.1) is 0 Å². The molecule has 3 N–H and O–H groups in total. The lowest BCUT2D eigenvalue weighted by Crippen LogP contribution is -2.43. The van der Waals surface area contributed by atoms with Gasteiger partial charge in [-0.2, -0.15) is 0 Å². The SMILES string of the molecule is CCCC1CC1NC(=O)NC(CC)CCO. The Kier molecular flexibility index (Phi) is 5.60. The van der Waals surface area contributed by atoms with Gasteiger partial charge in [0, 0.05) is 18.7 Å². The maximum absolute atomic E-state index is 11.6. The zero-order valence-electron chi connectivity index (χ0n) is 10.3. The van der Waals surface area contributed by atoms with Crippen molar-refractivity contribution in [2.45, 2.75) is 58.0 Å².